The Morgan fingerprint density at radius 2 is 1.62 bits per heavy atom. The Bertz CT molecular complexity index is 267. The first-order chi connectivity index (χ1) is 6.93. The van der Waals surface area contributed by atoms with E-state index in [0.29, 0.717) is 5.92 Å². The SMILES string of the molecule is C#CC(C)(CC(C)C)O[Si](C)(C)C(C)(C)C. The lowest BCUT2D eigenvalue weighted by Gasteiger charge is -2.42. The quantitative estimate of drug-likeness (QED) is 0.521. The Hall–Kier alpha value is -0.263. The van der Waals surface area contributed by atoms with Gasteiger partial charge >= 0.3 is 0 Å². The zero-order valence-corrected chi connectivity index (χ0v) is 13.3. The van der Waals surface area contributed by atoms with Gasteiger partial charge in [-0.3, -0.25) is 0 Å². The van der Waals surface area contributed by atoms with Gasteiger partial charge in [0.25, 0.3) is 0 Å². The number of hydrogen-bond donors (Lipinski definition) is 0. The smallest absolute Gasteiger partial charge is 0.194 e. The zero-order valence-electron chi connectivity index (χ0n) is 12.3. The first kappa shape index (κ1) is 15.7. The Labute approximate surface area is 103 Å². The van der Waals surface area contributed by atoms with Gasteiger partial charge in [-0.2, -0.15) is 0 Å². The molecule has 0 heterocycles. The molecule has 0 saturated carbocycles. The summed E-state index contributed by atoms with van der Waals surface area (Å²) in [6.07, 6.45) is 6.58. The van der Waals surface area contributed by atoms with Gasteiger partial charge in [-0.05, 0) is 37.4 Å². The second-order valence-electron chi connectivity index (χ2n) is 6.84. The van der Waals surface area contributed by atoms with E-state index in [1.54, 1.807) is 0 Å². The van der Waals surface area contributed by atoms with Crippen molar-refractivity contribution in [2.75, 3.05) is 0 Å². The molecule has 1 nitrogen and oxygen atoms in total. The molecule has 0 aromatic heterocycles. The van der Waals surface area contributed by atoms with Gasteiger partial charge in [-0.25, -0.2) is 0 Å². The fraction of sp³-hybridized carbons (Fsp3) is 0.857. The normalized spacial score (nSPS) is 17.0. The minimum Gasteiger partial charge on any atom is -0.401 e. The van der Waals surface area contributed by atoms with Gasteiger partial charge in [0, 0.05) is 0 Å². The van der Waals surface area contributed by atoms with Crippen molar-refractivity contribution in [3.05, 3.63) is 0 Å². The maximum absolute atomic E-state index is 6.35. The zero-order chi connectivity index (χ0) is 13.2. The van der Waals surface area contributed by atoms with E-state index in [1.807, 2.05) is 6.92 Å². The molecule has 0 aliphatic heterocycles. The van der Waals surface area contributed by atoms with Crippen molar-refractivity contribution in [3.63, 3.8) is 0 Å². The van der Waals surface area contributed by atoms with Crippen molar-refractivity contribution in [1.29, 1.82) is 0 Å². The summed E-state index contributed by atoms with van der Waals surface area (Å²) in [6.45, 7) is 17.6. The summed E-state index contributed by atoms with van der Waals surface area (Å²) in [5, 5.41) is 0.210. The Morgan fingerprint density at radius 1 is 1.19 bits per heavy atom. The molecule has 1 unspecified atom stereocenters. The van der Waals surface area contributed by atoms with Gasteiger partial charge in [0.05, 0.1) is 0 Å². The summed E-state index contributed by atoms with van der Waals surface area (Å²) < 4.78 is 6.35. The number of terminal acetylenes is 1. The van der Waals surface area contributed by atoms with Crippen LogP contribution in [0.2, 0.25) is 18.1 Å². The van der Waals surface area contributed by atoms with Crippen molar-refractivity contribution in [3.8, 4) is 12.3 Å². The van der Waals surface area contributed by atoms with Gasteiger partial charge in [0.2, 0.25) is 0 Å². The van der Waals surface area contributed by atoms with Crippen LogP contribution in [-0.2, 0) is 4.43 Å². The molecule has 0 amide bonds. The summed E-state index contributed by atoms with van der Waals surface area (Å²) >= 11 is 0. The van der Waals surface area contributed by atoms with Gasteiger partial charge in [-0.1, -0.05) is 40.5 Å². The lowest BCUT2D eigenvalue weighted by molar-refractivity contribution is 0.108. The summed E-state index contributed by atoms with van der Waals surface area (Å²) in [4.78, 5) is 0. The van der Waals surface area contributed by atoms with Crippen LogP contribution in [0.25, 0.3) is 0 Å². The van der Waals surface area contributed by atoms with E-state index in [9.17, 15) is 0 Å². The van der Waals surface area contributed by atoms with Gasteiger partial charge < -0.3 is 4.43 Å². The highest BCUT2D eigenvalue weighted by Gasteiger charge is 2.42. The van der Waals surface area contributed by atoms with Crippen LogP contribution < -0.4 is 0 Å². The molecule has 2 heteroatoms. The van der Waals surface area contributed by atoms with E-state index in [1.165, 1.54) is 0 Å². The van der Waals surface area contributed by atoms with Crippen LogP contribution in [0.3, 0.4) is 0 Å². The van der Waals surface area contributed by atoms with Crippen molar-refractivity contribution in [2.24, 2.45) is 5.92 Å². The average Bonchev–Trinajstić information content (AvgIpc) is 1.99. The largest absolute Gasteiger partial charge is 0.401 e. The minimum absolute atomic E-state index is 0.210. The standard InChI is InChI=1S/C14H28OSi/c1-10-14(7,11-12(2)3)15-16(8,9)13(4,5)6/h1,12H,11H2,2-9H3. The van der Waals surface area contributed by atoms with E-state index in [4.69, 9.17) is 10.8 Å². The van der Waals surface area contributed by atoms with Crippen LogP contribution in [0.5, 0.6) is 0 Å². The van der Waals surface area contributed by atoms with Crippen LogP contribution in [0.1, 0.15) is 48.0 Å². The first-order valence-corrected chi connectivity index (χ1v) is 9.02. The predicted molar refractivity (Wildman–Crippen MR) is 75.0 cm³/mol. The third-order valence-electron chi connectivity index (χ3n) is 3.39. The van der Waals surface area contributed by atoms with Gasteiger partial charge in [0.15, 0.2) is 8.32 Å². The molecule has 94 valence electrons. The molecular formula is C14H28OSi. The fourth-order valence-electron chi connectivity index (χ4n) is 1.63. The van der Waals surface area contributed by atoms with E-state index in [2.05, 4.69) is 53.6 Å². The topological polar surface area (TPSA) is 9.23 Å². The Morgan fingerprint density at radius 3 is 1.88 bits per heavy atom. The molecule has 0 radical (unpaired) electrons. The molecule has 0 aliphatic rings. The molecule has 0 spiro atoms. The maximum Gasteiger partial charge on any atom is 0.194 e. The third kappa shape index (κ3) is 4.31. The maximum atomic E-state index is 6.35. The van der Waals surface area contributed by atoms with Gasteiger partial charge in [0.1, 0.15) is 5.60 Å². The van der Waals surface area contributed by atoms with Crippen LogP contribution >= 0.6 is 0 Å². The highest BCUT2D eigenvalue weighted by Crippen LogP contribution is 2.40. The van der Waals surface area contributed by atoms with E-state index < -0.39 is 13.9 Å². The Balaban J connectivity index is 4.87. The highest BCUT2D eigenvalue weighted by molar-refractivity contribution is 6.74. The molecule has 0 aliphatic carbocycles. The van der Waals surface area contributed by atoms with Gasteiger partial charge in [-0.15, -0.1) is 6.42 Å². The number of hydrogen-bond acceptors (Lipinski definition) is 1. The van der Waals surface area contributed by atoms with Crippen molar-refractivity contribution < 1.29 is 4.43 Å². The van der Waals surface area contributed by atoms with Crippen molar-refractivity contribution in [2.45, 2.75) is 71.7 Å². The lowest BCUT2D eigenvalue weighted by atomic mass is 9.95. The summed E-state index contributed by atoms with van der Waals surface area (Å²) in [7, 11) is -1.77. The monoisotopic (exact) mass is 240 g/mol. The van der Waals surface area contributed by atoms with Crippen LogP contribution in [-0.4, -0.2) is 13.9 Å². The molecule has 16 heavy (non-hydrogen) atoms. The molecule has 0 aromatic rings. The third-order valence-corrected chi connectivity index (χ3v) is 7.96. The lowest BCUT2D eigenvalue weighted by Crippen LogP contribution is -2.48. The fourth-order valence-corrected chi connectivity index (χ4v) is 3.20. The van der Waals surface area contributed by atoms with E-state index in [-0.39, 0.29) is 5.04 Å². The molecule has 0 rings (SSSR count). The first-order valence-electron chi connectivity index (χ1n) is 6.11. The molecule has 0 N–H and O–H groups in total. The second kappa shape index (κ2) is 4.94. The highest BCUT2D eigenvalue weighted by atomic mass is 28.4. The molecule has 0 bridgehead atoms. The number of rotatable bonds is 4. The molecule has 0 aromatic carbocycles. The summed E-state index contributed by atoms with van der Waals surface area (Å²) in [5.41, 5.74) is -0.406. The van der Waals surface area contributed by atoms with Crippen LogP contribution in [0.4, 0.5) is 0 Å². The predicted octanol–water partition coefficient (Wildman–Crippen LogP) is 4.45. The average molecular weight is 240 g/mol. The molecular weight excluding hydrogens is 212 g/mol. The van der Waals surface area contributed by atoms with Crippen LogP contribution in [0.15, 0.2) is 0 Å². The Kier molecular flexibility index (Phi) is 4.85. The second-order valence-corrected chi connectivity index (χ2v) is 11.6. The van der Waals surface area contributed by atoms with Crippen molar-refractivity contribution >= 4 is 8.32 Å². The van der Waals surface area contributed by atoms with E-state index >= 15 is 0 Å². The van der Waals surface area contributed by atoms with Crippen LogP contribution in [0, 0.1) is 18.3 Å². The molecule has 0 saturated heterocycles. The van der Waals surface area contributed by atoms with E-state index in [0.717, 1.165) is 6.42 Å². The van der Waals surface area contributed by atoms with Crippen molar-refractivity contribution in [1.82, 2.24) is 0 Å². The molecule has 0 fully saturated rings. The summed E-state index contributed by atoms with van der Waals surface area (Å²) in [6, 6.07) is 0. The minimum atomic E-state index is -1.77. The summed E-state index contributed by atoms with van der Waals surface area (Å²) in [5.74, 6) is 3.41. The molecule has 1 atom stereocenters.